The summed E-state index contributed by atoms with van der Waals surface area (Å²) in [6.07, 6.45) is 2.06. The van der Waals surface area contributed by atoms with Gasteiger partial charge in [-0.25, -0.2) is 4.98 Å². The highest BCUT2D eigenvalue weighted by molar-refractivity contribution is 5.29. The van der Waals surface area contributed by atoms with E-state index in [1.54, 1.807) is 0 Å². The summed E-state index contributed by atoms with van der Waals surface area (Å²) >= 11 is 0. The van der Waals surface area contributed by atoms with Crippen LogP contribution in [0.2, 0.25) is 0 Å². The van der Waals surface area contributed by atoms with Crippen LogP contribution in [-0.2, 0) is 6.54 Å². The Balaban J connectivity index is 2.02. The van der Waals surface area contributed by atoms with Gasteiger partial charge in [-0.05, 0) is 45.3 Å². The maximum atomic E-state index is 4.56. The van der Waals surface area contributed by atoms with Crippen LogP contribution in [0.4, 0.5) is 0 Å². The van der Waals surface area contributed by atoms with E-state index in [-0.39, 0.29) is 0 Å². The van der Waals surface area contributed by atoms with Crippen molar-refractivity contribution in [1.82, 2.24) is 19.8 Å². The van der Waals surface area contributed by atoms with Gasteiger partial charge >= 0.3 is 0 Å². The molecule has 0 atom stereocenters. The number of pyridine rings is 1. The molecular formula is C15H22N4. The monoisotopic (exact) mass is 258 g/mol. The molecule has 0 unspecified atom stereocenters. The van der Waals surface area contributed by atoms with Crippen molar-refractivity contribution in [2.45, 2.75) is 13.5 Å². The number of hydrogen-bond donors (Lipinski definition) is 1. The first-order valence-electron chi connectivity index (χ1n) is 6.62. The quantitative estimate of drug-likeness (QED) is 0.803. The predicted octanol–water partition coefficient (Wildman–Crippen LogP) is 1.83. The van der Waals surface area contributed by atoms with Gasteiger partial charge in [0, 0.05) is 37.2 Å². The van der Waals surface area contributed by atoms with Crippen molar-refractivity contribution < 1.29 is 0 Å². The molecule has 4 heteroatoms. The molecule has 0 spiro atoms. The molecule has 2 aromatic rings. The minimum absolute atomic E-state index is 0.858. The largest absolute Gasteiger partial charge is 0.310 e. The average molecular weight is 258 g/mol. The summed E-state index contributed by atoms with van der Waals surface area (Å²) in [5.74, 6) is 0.981. The molecule has 102 valence electrons. The highest BCUT2D eigenvalue weighted by Crippen LogP contribution is 2.10. The average Bonchev–Trinajstić information content (AvgIpc) is 2.83. The SMILES string of the molecule is Cc1cccc(-n2cccc2CNCCN(C)C)n1. The summed E-state index contributed by atoms with van der Waals surface area (Å²) in [6.45, 7) is 4.90. The Bertz CT molecular complexity index is 516. The molecule has 2 heterocycles. The normalized spacial score (nSPS) is 11.2. The Hall–Kier alpha value is -1.65. The Morgan fingerprint density at radius 3 is 2.79 bits per heavy atom. The Morgan fingerprint density at radius 1 is 1.21 bits per heavy atom. The van der Waals surface area contributed by atoms with E-state index >= 15 is 0 Å². The fraction of sp³-hybridized carbons (Fsp3) is 0.400. The Kier molecular flexibility index (Phi) is 4.71. The van der Waals surface area contributed by atoms with Gasteiger partial charge in [0.2, 0.25) is 0 Å². The van der Waals surface area contributed by atoms with Crippen LogP contribution in [0.25, 0.3) is 5.82 Å². The number of nitrogens with one attached hydrogen (secondary N) is 1. The van der Waals surface area contributed by atoms with Gasteiger partial charge < -0.3 is 14.8 Å². The summed E-state index contributed by atoms with van der Waals surface area (Å²) in [4.78, 5) is 6.73. The maximum absolute atomic E-state index is 4.56. The number of aryl methyl sites for hydroxylation is 1. The molecule has 2 aromatic heterocycles. The molecule has 0 fully saturated rings. The van der Waals surface area contributed by atoms with Crippen molar-refractivity contribution in [2.24, 2.45) is 0 Å². The lowest BCUT2D eigenvalue weighted by Gasteiger charge is -2.12. The second-order valence-corrected chi connectivity index (χ2v) is 4.99. The van der Waals surface area contributed by atoms with Gasteiger partial charge in [0.15, 0.2) is 0 Å². The molecule has 0 amide bonds. The number of likely N-dealkylation sites (N-methyl/N-ethyl adjacent to an activating group) is 1. The number of hydrogen-bond acceptors (Lipinski definition) is 3. The van der Waals surface area contributed by atoms with Gasteiger partial charge in [0.25, 0.3) is 0 Å². The molecule has 1 N–H and O–H groups in total. The molecule has 0 aliphatic rings. The lowest BCUT2D eigenvalue weighted by molar-refractivity contribution is 0.399. The van der Waals surface area contributed by atoms with E-state index in [9.17, 15) is 0 Å². The molecule has 0 saturated carbocycles. The highest BCUT2D eigenvalue weighted by Gasteiger charge is 2.04. The second kappa shape index (κ2) is 6.50. The van der Waals surface area contributed by atoms with Crippen LogP contribution in [-0.4, -0.2) is 41.6 Å². The Morgan fingerprint density at radius 2 is 2.05 bits per heavy atom. The molecule has 0 aliphatic heterocycles. The van der Waals surface area contributed by atoms with Gasteiger partial charge in [-0.15, -0.1) is 0 Å². The van der Waals surface area contributed by atoms with E-state index in [0.717, 1.165) is 31.1 Å². The van der Waals surface area contributed by atoms with Crippen molar-refractivity contribution in [2.75, 3.05) is 27.2 Å². The van der Waals surface area contributed by atoms with Gasteiger partial charge in [0.1, 0.15) is 5.82 Å². The van der Waals surface area contributed by atoms with E-state index in [4.69, 9.17) is 0 Å². The van der Waals surface area contributed by atoms with Gasteiger partial charge in [-0.2, -0.15) is 0 Å². The topological polar surface area (TPSA) is 33.1 Å². The fourth-order valence-corrected chi connectivity index (χ4v) is 1.97. The van der Waals surface area contributed by atoms with Gasteiger partial charge in [0.05, 0.1) is 0 Å². The zero-order chi connectivity index (χ0) is 13.7. The van der Waals surface area contributed by atoms with Crippen LogP contribution in [0.15, 0.2) is 36.5 Å². The minimum atomic E-state index is 0.858. The molecule has 0 aromatic carbocycles. The summed E-state index contributed by atoms with van der Waals surface area (Å²) < 4.78 is 2.13. The van der Waals surface area contributed by atoms with E-state index in [2.05, 4.69) is 52.2 Å². The Labute approximate surface area is 115 Å². The van der Waals surface area contributed by atoms with Crippen LogP contribution in [0.5, 0.6) is 0 Å². The van der Waals surface area contributed by atoms with E-state index in [0.29, 0.717) is 0 Å². The van der Waals surface area contributed by atoms with Gasteiger partial charge in [-0.1, -0.05) is 6.07 Å². The van der Waals surface area contributed by atoms with E-state index in [1.807, 2.05) is 25.1 Å². The van der Waals surface area contributed by atoms with Crippen LogP contribution >= 0.6 is 0 Å². The lowest BCUT2D eigenvalue weighted by Crippen LogP contribution is -2.26. The van der Waals surface area contributed by atoms with Crippen LogP contribution in [0.3, 0.4) is 0 Å². The second-order valence-electron chi connectivity index (χ2n) is 4.99. The molecular weight excluding hydrogens is 236 g/mol. The van der Waals surface area contributed by atoms with Crippen molar-refractivity contribution in [3.8, 4) is 5.82 Å². The van der Waals surface area contributed by atoms with E-state index < -0.39 is 0 Å². The number of rotatable bonds is 6. The molecule has 0 aliphatic carbocycles. The molecule has 0 bridgehead atoms. The van der Waals surface area contributed by atoms with Crippen molar-refractivity contribution in [3.05, 3.63) is 47.9 Å². The molecule has 0 radical (unpaired) electrons. The molecule has 0 saturated heterocycles. The first-order chi connectivity index (χ1) is 9.16. The first kappa shape index (κ1) is 13.8. The number of nitrogens with zero attached hydrogens (tertiary/aromatic N) is 3. The number of aromatic nitrogens is 2. The van der Waals surface area contributed by atoms with Crippen molar-refractivity contribution in [3.63, 3.8) is 0 Å². The summed E-state index contributed by atoms with van der Waals surface area (Å²) in [5, 5.41) is 3.45. The zero-order valence-corrected chi connectivity index (χ0v) is 11.9. The summed E-state index contributed by atoms with van der Waals surface area (Å²) in [5.41, 5.74) is 2.27. The summed E-state index contributed by atoms with van der Waals surface area (Å²) in [6, 6.07) is 10.3. The minimum Gasteiger partial charge on any atom is -0.310 e. The predicted molar refractivity (Wildman–Crippen MR) is 78.6 cm³/mol. The smallest absolute Gasteiger partial charge is 0.137 e. The standard InChI is InChI=1S/C15H22N4/c1-13-6-4-8-15(17-13)19-10-5-7-14(19)12-16-9-11-18(2)3/h4-8,10,16H,9,11-12H2,1-3H3. The molecule has 4 nitrogen and oxygen atoms in total. The third-order valence-corrected chi connectivity index (χ3v) is 3.00. The van der Waals surface area contributed by atoms with Crippen LogP contribution in [0.1, 0.15) is 11.4 Å². The summed E-state index contributed by atoms with van der Waals surface area (Å²) in [7, 11) is 4.17. The highest BCUT2D eigenvalue weighted by atomic mass is 15.1. The zero-order valence-electron chi connectivity index (χ0n) is 11.9. The molecule has 19 heavy (non-hydrogen) atoms. The third-order valence-electron chi connectivity index (χ3n) is 3.00. The molecule has 2 rings (SSSR count). The first-order valence-corrected chi connectivity index (χ1v) is 6.62. The lowest BCUT2D eigenvalue weighted by atomic mass is 10.3. The fourth-order valence-electron chi connectivity index (χ4n) is 1.97. The van der Waals surface area contributed by atoms with Crippen LogP contribution < -0.4 is 5.32 Å². The van der Waals surface area contributed by atoms with Crippen molar-refractivity contribution >= 4 is 0 Å². The maximum Gasteiger partial charge on any atom is 0.137 e. The van der Waals surface area contributed by atoms with E-state index in [1.165, 1.54) is 5.69 Å². The van der Waals surface area contributed by atoms with Gasteiger partial charge in [-0.3, -0.25) is 0 Å². The van der Waals surface area contributed by atoms with Crippen LogP contribution in [0, 0.1) is 6.92 Å². The third kappa shape index (κ3) is 3.91. The van der Waals surface area contributed by atoms with Crippen molar-refractivity contribution in [1.29, 1.82) is 0 Å².